The van der Waals surface area contributed by atoms with Crippen molar-refractivity contribution in [2.45, 2.75) is 13.5 Å². The quantitative estimate of drug-likeness (QED) is 0.485. The number of ether oxygens (including phenoxy) is 1. The summed E-state index contributed by atoms with van der Waals surface area (Å²) in [4.78, 5) is 21.6. The van der Waals surface area contributed by atoms with E-state index in [0.717, 1.165) is 16.3 Å². The molecule has 0 aliphatic rings. The van der Waals surface area contributed by atoms with Crippen molar-refractivity contribution >= 4 is 22.9 Å². The summed E-state index contributed by atoms with van der Waals surface area (Å²) in [6.45, 7) is 2.96. The minimum Gasteiger partial charge on any atom is -0.383 e. The minimum absolute atomic E-state index is 0.308. The predicted molar refractivity (Wildman–Crippen MR) is 110 cm³/mol. The maximum Gasteiger partial charge on any atom is 0.275 e. The number of nitrogens with one attached hydrogen (secondary N) is 2. The van der Waals surface area contributed by atoms with Gasteiger partial charge < -0.3 is 10.1 Å². The maximum atomic E-state index is 12.8. The molecule has 4 aromatic rings. The number of anilines is 1. The Bertz CT molecular complexity index is 1120. The summed E-state index contributed by atoms with van der Waals surface area (Å²) in [5, 5.41) is 16.8. The van der Waals surface area contributed by atoms with E-state index >= 15 is 0 Å². The summed E-state index contributed by atoms with van der Waals surface area (Å²) < 4.78 is 6.85. The van der Waals surface area contributed by atoms with Gasteiger partial charge in [-0.3, -0.25) is 19.6 Å². The standard InChI is InChI=1S/C19H19N7O2S/c1-12-13(9-21-24-12)19-23-16(11-29-19)18(27)22-15-10-26(7-8-28-2)25-17(15)14-5-3-4-6-20-14/h3-6,9-11H,7-8H2,1-2H3,(H,21,24)(H,22,27). The summed E-state index contributed by atoms with van der Waals surface area (Å²) >= 11 is 1.40. The molecule has 0 aliphatic heterocycles. The van der Waals surface area contributed by atoms with Crippen LogP contribution in [0.15, 0.2) is 42.2 Å². The number of pyridine rings is 1. The van der Waals surface area contributed by atoms with Crippen molar-refractivity contribution in [3.05, 3.63) is 53.6 Å². The zero-order chi connectivity index (χ0) is 20.2. The van der Waals surface area contributed by atoms with Crippen LogP contribution < -0.4 is 5.32 Å². The molecule has 0 spiro atoms. The van der Waals surface area contributed by atoms with Gasteiger partial charge in [0.05, 0.1) is 35.8 Å². The average molecular weight is 409 g/mol. The number of amides is 1. The molecule has 0 atom stereocenters. The topological polar surface area (TPSA) is 111 Å². The molecule has 2 N–H and O–H groups in total. The second-order valence-corrected chi connectivity index (χ2v) is 7.10. The number of carbonyl (C=O) groups excluding carboxylic acids is 1. The van der Waals surface area contributed by atoms with Crippen molar-refractivity contribution in [1.29, 1.82) is 0 Å². The summed E-state index contributed by atoms with van der Waals surface area (Å²) in [5.41, 5.74) is 3.89. The molecular weight excluding hydrogens is 390 g/mol. The molecule has 0 radical (unpaired) electrons. The highest BCUT2D eigenvalue weighted by Gasteiger charge is 2.18. The first-order chi connectivity index (χ1) is 14.2. The second-order valence-electron chi connectivity index (χ2n) is 6.24. The van der Waals surface area contributed by atoms with Crippen molar-refractivity contribution in [3.63, 3.8) is 0 Å². The highest BCUT2D eigenvalue weighted by atomic mass is 32.1. The smallest absolute Gasteiger partial charge is 0.275 e. The van der Waals surface area contributed by atoms with Crippen LogP contribution in [-0.4, -0.2) is 49.6 Å². The van der Waals surface area contributed by atoms with Crippen LogP contribution in [0.25, 0.3) is 22.0 Å². The lowest BCUT2D eigenvalue weighted by atomic mass is 10.2. The van der Waals surface area contributed by atoms with E-state index in [-0.39, 0.29) is 5.91 Å². The van der Waals surface area contributed by atoms with Crippen LogP contribution in [0.5, 0.6) is 0 Å². The number of aryl methyl sites for hydroxylation is 1. The molecule has 1 amide bonds. The molecule has 4 aromatic heterocycles. The molecular formula is C19H19N7O2S. The van der Waals surface area contributed by atoms with Gasteiger partial charge in [0.1, 0.15) is 16.4 Å². The number of carbonyl (C=O) groups is 1. The van der Waals surface area contributed by atoms with Gasteiger partial charge in [0.2, 0.25) is 0 Å². The first kappa shape index (κ1) is 19.0. The fourth-order valence-corrected chi connectivity index (χ4v) is 3.63. The Labute approximate surface area is 170 Å². The van der Waals surface area contributed by atoms with Crippen LogP contribution in [0.3, 0.4) is 0 Å². The largest absolute Gasteiger partial charge is 0.383 e. The van der Waals surface area contributed by atoms with Gasteiger partial charge >= 0.3 is 0 Å². The SMILES string of the molecule is COCCn1cc(NC(=O)c2csc(-c3c[nH]nc3C)n2)c(-c2ccccn2)n1. The van der Waals surface area contributed by atoms with Gasteiger partial charge in [-0.25, -0.2) is 4.98 Å². The number of rotatable bonds is 7. The fourth-order valence-electron chi connectivity index (χ4n) is 2.77. The molecule has 4 heterocycles. The van der Waals surface area contributed by atoms with Gasteiger partial charge in [0.15, 0.2) is 0 Å². The lowest BCUT2D eigenvalue weighted by molar-refractivity contribution is 0.102. The molecule has 29 heavy (non-hydrogen) atoms. The molecule has 0 saturated carbocycles. The molecule has 148 valence electrons. The van der Waals surface area contributed by atoms with Gasteiger partial charge in [0, 0.05) is 31.1 Å². The average Bonchev–Trinajstić information content (AvgIpc) is 3.46. The Morgan fingerprint density at radius 3 is 3.00 bits per heavy atom. The van der Waals surface area contributed by atoms with Gasteiger partial charge in [0.25, 0.3) is 5.91 Å². The molecule has 0 aromatic carbocycles. The Hall–Kier alpha value is -3.37. The van der Waals surface area contributed by atoms with E-state index in [2.05, 4.69) is 30.6 Å². The summed E-state index contributed by atoms with van der Waals surface area (Å²) in [5.74, 6) is -0.308. The lowest BCUT2D eigenvalue weighted by Gasteiger charge is -2.03. The molecule has 10 heteroatoms. The van der Waals surface area contributed by atoms with Crippen molar-refractivity contribution < 1.29 is 9.53 Å². The summed E-state index contributed by atoms with van der Waals surface area (Å²) in [6.07, 6.45) is 5.23. The van der Waals surface area contributed by atoms with Crippen molar-refractivity contribution in [1.82, 2.24) is 29.9 Å². The fraction of sp³-hybridized carbons (Fsp3) is 0.211. The Balaban J connectivity index is 1.60. The normalized spacial score (nSPS) is 11.0. The van der Waals surface area contributed by atoms with Crippen molar-refractivity contribution in [2.75, 3.05) is 19.0 Å². The molecule has 4 rings (SSSR count). The minimum atomic E-state index is -0.308. The highest BCUT2D eigenvalue weighted by molar-refractivity contribution is 7.13. The van der Waals surface area contributed by atoms with Crippen molar-refractivity contribution in [3.8, 4) is 22.0 Å². The first-order valence-electron chi connectivity index (χ1n) is 8.91. The van der Waals surface area contributed by atoms with Gasteiger partial charge in [-0.15, -0.1) is 11.3 Å². The molecule has 0 unspecified atom stereocenters. The number of aromatic amines is 1. The zero-order valence-electron chi connectivity index (χ0n) is 15.9. The number of aromatic nitrogens is 6. The van der Waals surface area contributed by atoms with Crippen LogP contribution in [0, 0.1) is 6.92 Å². The number of thiazole rings is 1. The predicted octanol–water partition coefficient (Wildman–Crippen LogP) is 3.00. The van der Waals surface area contributed by atoms with Crippen LogP contribution in [0.1, 0.15) is 16.2 Å². The number of hydrogen-bond acceptors (Lipinski definition) is 7. The number of hydrogen-bond donors (Lipinski definition) is 2. The molecule has 0 fully saturated rings. The molecule has 0 saturated heterocycles. The maximum absolute atomic E-state index is 12.8. The van der Waals surface area contributed by atoms with Crippen LogP contribution in [0.2, 0.25) is 0 Å². The second kappa shape index (κ2) is 8.33. The highest BCUT2D eigenvalue weighted by Crippen LogP contribution is 2.28. The molecule has 0 bridgehead atoms. The zero-order valence-corrected chi connectivity index (χ0v) is 16.7. The van der Waals surface area contributed by atoms with E-state index in [1.807, 2.05) is 25.1 Å². The number of methoxy groups -OCH3 is 1. The van der Waals surface area contributed by atoms with Crippen LogP contribution in [-0.2, 0) is 11.3 Å². The third-order valence-corrected chi connectivity index (χ3v) is 5.12. The van der Waals surface area contributed by atoms with E-state index in [1.165, 1.54) is 11.3 Å². The van der Waals surface area contributed by atoms with E-state index < -0.39 is 0 Å². The van der Waals surface area contributed by atoms with E-state index in [0.29, 0.717) is 35.9 Å². The lowest BCUT2D eigenvalue weighted by Crippen LogP contribution is -2.12. The Morgan fingerprint density at radius 2 is 2.28 bits per heavy atom. The van der Waals surface area contributed by atoms with Gasteiger partial charge in [-0.2, -0.15) is 10.2 Å². The number of H-pyrrole nitrogens is 1. The van der Waals surface area contributed by atoms with Crippen LogP contribution in [0.4, 0.5) is 5.69 Å². The molecule has 9 nitrogen and oxygen atoms in total. The third-order valence-electron chi connectivity index (χ3n) is 4.24. The van der Waals surface area contributed by atoms with Gasteiger partial charge in [-0.1, -0.05) is 6.07 Å². The number of nitrogens with zero attached hydrogens (tertiary/aromatic N) is 5. The van der Waals surface area contributed by atoms with Crippen LogP contribution >= 0.6 is 11.3 Å². The van der Waals surface area contributed by atoms with Gasteiger partial charge in [-0.05, 0) is 19.1 Å². The third kappa shape index (κ3) is 4.08. The Kier molecular flexibility index (Phi) is 5.45. The first-order valence-corrected chi connectivity index (χ1v) is 9.79. The summed E-state index contributed by atoms with van der Waals surface area (Å²) in [7, 11) is 1.63. The summed E-state index contributed by atoms with van der Waals surface area (Å²) in [6, 6.07) is 5.56. The van der Waals surface area contributed by atoms with E-state index in [9.17, 15) is 4.79 Å². The van der Waals surface area contributed by atoms with Crippen molar-refractivity contribution in [2.24, 2.45) is 0 Å². The monoisotopic (exact) mass is 409 g/mol. The Morgan fingerprint density at radius 1 is 1.38 bits per heavy atom. The molecule has 0 aliphatic carbocycles. The van der Waals surface area contributed by atoms with E-state index in [4.69, 9.17) is 4.74 Å². The van der Waals surface area contributed by atoms with E-state index in [1.54, 1.807) is 35.8 Å².